The van der Waals surface area contributed by atoms with Crippen LogP contribution in [0.5, 0.6) is 0 Å². The number of nitrogens with zero attached hydrogens (tertiary/aromatic N) is 3. The third-order valence-corrected chi connectivity index (χ3v) is 2.37. The van der Waals surface area contributed by atoms with E-state index in [4.69, 9.17) is 4.52 Å². The first-order valence-electron chi connectivity index (χ1n) is 4.83. The lowest BCUT2D eigenvalue weighted by Crippen LogP contribution is -2.13. The van der Waals surface area contributed by atoms with Crippen LogP contribution in [0.3, 0.4) is 0 Å². The van der Waals surface area contributed by atoms with Gasteiger partial charge in [0.05, 0.1) is 6.54 Å². The van der Waals surface area contributed by atoms with Gasteiger partial charge in [-0.2, -0.15) is 4.98 Å². The predicted octanol–water partition coefficient (Wildman–Crippen LogP) is 1.83. The van der Waals surface area contributed by atoms with E-state index in [1.165, 1.54) is 0 Å². The van der Waals surface area contributed by atoms with Gasteiger partial charge in [-0.15, -0.1) is 0 Å². The fourth-order valence-corrected chi connectivity index (χ4v) is 1.69. The molecule has 0 radical (unpaired) electrons. The molecule has 16 heavy (non-hydrogen) atoms. The molecule has 1 N–H and O–H groups in total. The SMILES string of the molecule is Cc1noc(CNCc2cncc(Br)c2)n1. The van der Waals surface area contributed by atoms with E-state index in [0.717, 1.165) is 10.0 Å². The molecule has 2 aromatic heterocycles. The highest BCUT2D eigenvalue weighted by atomic mass is 79.9. The van der Waals surface area contributed by atoms with Crippen molar-refractivity contribution < 1.29 is 4.52 Å². The molecule has 0 aromatic carbocycles. The first-order valence-corrected chi connectivity index (χ1v) is 5.62. The quantitative estimate of drug-likeness (QED) is 0.927. The number of nitrogens with one attached hydrogen (secondary N) is 1. The summed E-state index contributed by atoms with van der Waals surface area (Å²) in [5.74, 6) is 1.25. The Kier molecular flexibility index (Phi) is 3.63. The lowest BCUT2D eigenvalue weighted by molar-refractivity contribution is 0.364. The third-order valence-electron chi connectivity index (χ3n) is 1.94. The van der Waals surface area contributed by atoms with Crippen LogP contribution >= 0.6 is 15.9 Å². The van der Waals surface area contributed by atoms with Crippen molar-refractivity contribution in [2.75, 3.05) is 0 Å². The summed E-state index contributed by atoms with van der Waals surface area (Å²) in [7, 11) is 0. The minimum Gasteiger partial charge on any atom is -0.338 e. The Morgan fingerprint density at radius 2 is 2.25 bits per heavy atom. The van der Waals surface area contributed by atoms with E-state index in [1.807, 2.05) is 12.3 Å². The molecule has 0 aliphatic heterocycles. The Morgan fingerprint density at radius 3 is 2.94 bits per heavy atom. The summed E-state index contributed by atoms with van der Waals surface area (Å²) < 4.78 is 5.95. The van der Waals surface area contributed by atoms with Crippen molar-refractivity contribution in [3.8, 4) is 0 Å². The van der Waals surface area contributed by atoms with Gasteiger partial charge in [0.2, 0.25) is 5.89 Å². The number of pyridine rings is 1. The zero-order valence-corrected chi connectivity index (χ0v) is 10.4. The molecule has 5 nitrogen and oxygen atoms in total. The molecular formula is C10H11BrN4O. The van der Waals surface area contributed by atoms with Gasteiger partial charge in [0.15, 0.2) is 5.82 Å². The highest BCUT2D eigenvalue weighted by molar-refractivity contribution is 9.10. The van der Waals surface area contributed by atoms with Crippen molar-refractivity contribution in [3.05, 3.63) is 40.2 Å². The Bertz CT molecular complexity index is 471. The molecule has 0 atom stereocenters. The molecule has 0 bridgehead atoms. The van der Waals surface area contributed by atoms with Crippen LogP contribution in [0.15, 0.2) is 27.5 Å². The standard InChI is InChI=1S/C10H11BrN4O/c1-7-14-10(16-15-7)6-13-4-8-2-9(11)5-12-3-8/h2-3,5,13H,4,6H2,1H3. The van der Waals surface area contributed by atoms with Crippen LogP contribution in [-0.2, 0) is 13.1 Å². The van der Waals surface area contributed by atoms with Gasteiger partial charge in [-0.05, 0) is 34.5 Å². The highest BCUT2D eigenvalue weighted by Crippen LogP contribution is 2.09. The van der Waals surface area contributed by atoms with E-state index in [2.05, 4.69) is 36.4 Å². The summed E-state index contributed by atoms with van der Waals surface area (Å²) in [6, 6.07) is 2.01. The molecule has 6 heteroatoms. The number of hydrogen-bond donors (Lipinski definition) is 1. The summed E-state index contributed by atoms with van der Waals surface area (Å²) in [4.78, 5) is 8.17. The van der Waals surface area contributed by atoms with Crippen LogP contribution in [0.1, 0.15) is 17.3 Å². The van der Waals surface area contributed by atoms with Crippen LogP contribution in [0, 0.1) is 6.92 Å². The van der Waals surface area contributed by atoms with Crippen LogP contribution in [0.25, 0.3) is 0 Å². The average Bonchev–Trinajstić information content (AvgIpc) is 2.64. The van der Waals surface area contributed by atoms with E-state index in [1.54, 1.807) is 13.1 Å². The molecule has 84 valence electrons. The maximum Gasteiger partial charge on any atom is 0.240 e. The van der Waals surface area contributed by atoms with Crippen LogP contribution < -0.4 is 5.32 Å². The summed E-state index contributed by atoms with van der Waals surface area (Å²) in [5.41, 5.74) is 1.10. The Morgan fingerprint density at radius 1 is 1.38 bits per heavy atom. The largest absolute Gasteiger partial charge is 0.338 e. The van der Waals surface area contributed by atoms with Crippen molar-refractivity contribution in [1.29, 1.82) is 0 Å². The zero-order valence-electron chi connectivity index (χ0n) is 8.77. The molecule has 0 aliphatic rings. The molecule has 2 rings (SSSR count). The molecule has 0 saturated carbocycles. The first-order chi connectivity index (χ1) is 7.74. The van der Waals surface area contributed by atoms with E-state index >= 15 is 0 Å². The molecular weight excluding hydrogens is 272 g/mol. The van der Waals surface area contributed by atoms with Gasteiger partial charge in [0, 0.05) is 23.4 Å². The van der Waals surface area contributed by atoms with E-state index in [9.17, 15) is 0 Å². The molecule has 0 unspecified atom stereocenters. The fourth-order valence-electron chi connectivity index (χ4n) is 1.28. The number of aromatic nitrogens is 3. The smallest absolute Gasteiger partial charge is 0.240 e. The monoisotopic (exact) mass is 282 g/mol. The van der Waals surface area contributed by atoms with Gasteiger partial charge in [-0.1, -0.05) is 5.16 Å². The minimum absolute atomic E-state index is 0.563. The van der Waals surface area contributed by atoms with Crippen molar-refractivity contribution in [1.82, 2.24) is 20.4 Å². The number of halogens is 1. The van der Waals surface area contributed by atoms with Crippen molar-refractivity contribution >= 4 is 15.9 Å². The average molecular weight is 283 g/mol. The number of hydrogen-bond acceptors (Lipinski definition) is 5. The topological polar surface area (TPSA) is 63.8 Å². The Balaban J connectivity index is 1.84. The predicted molar refractivity (Wildman–Crippen MR) is 61.5 cm³/mol. The zero-order chi connectivity index (χ0) is 11.4. The molecule has 0 fully saturated rings. The molecule has 2 aromatic rings. The molecule has 0 spiro atoms. The van der Waals surface area contributed by atoms with Crippen LogP contribution in [0.4, 0.5) is 0 Å². The molecule has 0 aliphatic carbocycles. The van der Waals surface area contributed by atoms with E-state index < -0.39 is 0 Å². The molecule has 0 amide bonds. The maximum absolute atomic E-state index is 4.98. The maximum atomic E-state index is 4.98. The van der Waals surface area contributed by atoms with Crippen molar-refractivity contribution in [2.45, 2.75) is 20.0 Å². The van der Waals surface area contributed by atoms with Gasteiger partial charge < -0.3 is 9.84 Å². The van der Waals surface area contributed by atoms with Gasteiger partial charge in [0.25, 0.3) is 0 Å². The second-order valence-electron chi connectivity index (χ2n) is 3.35. The van der Waals surface area contributed by atoms with E-state index in [-0.39, 0.29) is 0 Å². The van der Waals surface area contributed by atoms with Gasteiger partial charge in [-0.25, -0.2) is 0 Å². The van der Waals surface area contributed by atoms with Gasteiger partial charge in [-0.3, -0.25) is 4.98 Å². The summed E-state index contributed by atoms with van der Waals surface area (Å²) in [6.07, 6.45) is 3.57. The number of rotatable bonds is 4. The Hall–Kier alpha value is -1.27. The second kappa shape index (κ2) is 5.18. The molecule has 0 saturated heterocycles. The molecule has 2 heterocycles. The Labute approximate surface area is 101 Å². The third kappa shape index (κ3) is 3.11. The highest BCUT2D eigenvalue weighted by Gasteiger charge is 2.01. The van der Waals surface area contributed by atoms with Gasteiger partial charge >= 0.3 is 0 Å². The summed E-state index contributed by atoms with van der Waals surface area (Å²) >= 11 is 3.37. The minimum atomic E-state index is 0.563. The fraction of sp³-hybridized carbons (Fsp3) is 0.300. The first kappa shape index (κ1) is 11.2. The number of aryl methyl sites for hydroxylation is 1. The lowest BCUT2D eigenvalue weighted by atomic mass is 10.3. The lowest BCUT2D eigenvalue weighted by Gasteiger charge is -2.01. The van der Waals surface area contributed by atoms with E-state index in [0.29, 0.717) is 24.8 Å². The summed E-state index contributed by atoms with van der Waals surface area (Å²) in [5, 5.41) is 6.91. The van der Waals surface area contributed by atoms with Crippen molar-refractivity contribution in [2.24, 2.45) is 0 Å². The van der Waals surface area contributed by atoms with Crippen molar-refractivity contribution in [3.63, 3.8) is 0 Å². The summed E-state index contributed by atoms with van der Waals surface area (Å²) in [6.45, 7) is 3.08. The van der Waals surface area contributed by atoms with Gasteiger partial charge in [0.1, 0.15) is 0 Å². The second-order valence-corrected chi connectivity index (χ2v) is 4.27. The normalized spacial score (nSPS) is 10.6. The van der Waals surface area contributed by atoms with Crippen LogP contribution in [0.2, 0.25) is 0 Å². The van der Waals surface area contributed by atoms with Crippen LogP contribution in [-0.4, -0.2) is 15.1 Å².